The number of hydrogen-bond donors (Lipinski definition) is 0. The van der Waals surface area contributed by atoms with Crippen molar-refractivity contribution in [1.29, 1.82) is 0 Å². The highest BCUT2D eigenvalue weighted by Crippen LogP contribution is 2.31. The minimum atomic E-state index is 0.284. The highest BCUT2D eigenvalue weighted by Gasteiger charge is 2.20. The van der Waals surface area contributed by atoms with Crippen molar-refractivity contribution in [2.45, 2.75) is 53.4 Å². The number of carbonyl (C=O) groups is 1. The Bertz CT molecular complexity index is 478. The van der Waals surface area contributed by atoms with Crippen molar-refractivity contribution >= 4 is 12.0 Å². The molecule has 22 heavy (non-hydrogen) atoms. The summed E-state index contributed by atoms with van der Waals surface area (Å²) < 4.78 is 0. The third kappa shape index (κ3) is 8.56. The van der Waals surface area contributed by atoms with E-state index in [2.05, 4.69) is 31.5 Å². The van der Waals surface area contributed by atoms with E-state index < -0.39 is 0 Å². The van der Waals surface area contributed by atoms with Crippen LogP contribution in [0.3, 0.4) is 0 Å². The number of ketones is 1. The molecular formula is C20H31NO. The maximum absolute atomic E-state index is 11.1. The molecule has 0 fully saturated rings. The van der Waals surface area contributed by atoms with E-state index in [1.54, 1.807) is 20.0 Å². The fraction of sp³-hybridized carbons (Fsp3) is 0.500. The van der Waals surface area contributed by atoms with Gasteiger partial charge in [-0.2, -0.15) is 0 Å². The molecule has 2 heteroatoms. The van der Waals surface area contributed by atoms with Crippen LogP contribution in [0.15, 0.2) is 52.6 Å². The summed E-state index contributed by atoms with van der Waals surface area (Å²) in [6, 6.07) is 0. The van der Waals surface area contributed by atoms with Gasteiger partial charge in [-0.25, -0.2) is 0 Å². The van der Waals surface area contributed by atoms with Crippen LogP contribution < -0.4 is 0 Å². The van der Waals surface area contributed by atoms with Crippen molar-refractivity contribution < 1.29 is 4.79 Å². The average Bonchev–Trinajstić information content (AvgIpc) is 2.48. The number of carbonyl (C=O) groups excluding carboxylic acids is 1. The molecule has 1 atom stereocenters. The molecule has 0 heterocycles. The number of Topliss-reactive ketones (excluding diaryl/α,β-unsaturated/α-hetero) is 1. The fourth-order valence-electron chi connectivity index (χ4n) is 2.49. The number of hydrogen-bond acceptors (Lipinski definition) is 2. The van der Waals surface area contributed by atoms with Gasteiger partial charge >= 0.3 is 0 Å². The SMILES string of the molecule is C=C/C=C\C(C)=C/C.CN=CC1=C(C)CCC[C@@H]1CC(C)=O. The van der Waals surface area contributed by atoms with E-state index in [0.717, 1.165) is 12.8 Å². The maximum Gasteiger partial charge on any atom is 0.130 e. The predicted octanol–water partition coefficient (Wildman–Crippen LogP) is 5.48. The Hall–Kier alpha value is -1.70. The lowest BCUT2D eigenvalue weighted by atomic mass is 9.81. The molecule has 0 spiro atoms. The van der Waals surface area contributed by atoms with Crippen LogP contribution >= 0.6 is 0 Å². The summed E-state index contributed by atoms with van der Waals surface area (Å²) in [5.74, 6) is 0.705. The molecule has 0 N–H and O–H groups in total. The molecule has 0 saturated heterocycles. The van der Waals surface area contributed by atoms with Gasteiger partial charge in [0.1, 0.15) is 5.78 Å². The summed E-state index contributed by atoms with van der Waals surface area (Å²) in [5, 5.41) is 0. The van der Waals surface area contributed by atoms with Crippen molar-refractivity contribution in [3.05, 3.63) is 47.6 Å². The van der Waals surface area contributed by atoms with Gasteiger partial charge in [-0.05, 0) is 58.4 Å². The quantitative estimate of drug-likeness (QED) is 0.488. The number of aliphatic imine (C=N–C) groups is 1. The van der Waals surface area contributed by atoms with Crippen LogP contribution in [-0.2, 0) is 4.79 Å². The van der Waals surface area contributed by atoms with E-state index in [1.807, 2.05) is 25.3 Å². The molecule has 0 aromatic carbocycles. The zero-order chi connectivity index (χ0) is 17.0. The minimum absolute atomic E-state index is 0.284. The predicted molar refractivity (Wildman–Crippen MR) is 98.5 cm³/mol. The lowest BCUT2D eigenvalue weighted by molar-refractivity contribution is -0.117. The third-order valence-electron chi connectivity index (χ3n) is 3.79. The molecule has 1 rings (SSSR count). The molecular weight excluding hydrogens is 270 g/mol. The van der Waals surface area contributed by atoms with Gasteiger partial charge in [0.15, 0.2) is 0 Å². The van der Waals surface area contributed by atoms with Crippen LogP contribution in [0.5, 0.6) is 0 Å². The monoisotopic (exact) mass is 301 g/mol. The second-order valence-electron chi connectivity index (χ2n) is 5.75. The van der Waals surface area contributed by atoms with Crippen LogP contribution in [0.4, 0.5) is 0 Å². The zero-order valence-corrected chi connectivity index (χ0v) is 14.9. The van der Waals surface area contributed by atoms with Crippen molar-refractivity contribution in [2.75, 3.05) is 7.05 Å². The molecule has 0 aromatic rings. The summed E-state index contributed by atoms with van der Waals surface area (Å²) in [6.45, 7) is 11.5. The van der Waals surface area contributed by atoms with Crippen LogP contribution in [0.2, 0.25) is 0 Å². The molecule has 0 saturated carbocycles. The van der Waals surface area contributed by atoms with Gasteiger partial charge in [-0.15, -0.1) is 0 Å². The van der Waals surface area contributed by atoms with Gasteiger partial charge in [0, 0.05) is 19.7 Å². The zero-order valence-electron chi connectivity index (χ0n) is 14.9. The van der Waals surface area contributed by atoms with Crippen LogP contribution in [0.1, 0.15) is 53.4 Å². The highest BCUT2D eigenvalue weighted by atomic mass is 16.1. The second-order valence-corrected chi connectivity index (χ2v) is 5.75. The molecule has 0 aromatic heterocycles. The molecule has 0 unspecified atom stereocenters. The van der Waals surface area contributed by atoms with Crippen LogP contribution in [0.25, 0.3) is 0 Å². The molecule has 0 amide bonds. The van der Waals surface area contributed by atoms with Crippen molar-refractivity contribution in [3.8, 4) is 0 Å². The molecule has 0 bridgehead atoms. The molecule has 1 aliphatic carbocycles. The largest absolute Gasteiger partial charge is 0.300 e. The Morgan fingerprint density at radius 3 is 2.59 bits per heavy atom. The summed E-state index contributed by atoms with van der Waals surface area (Å²) in [4.78, 5) is 15.2. The average molecular weight is 301 g/mol. The van der Waals surface area contributed by atoms with E-state index in [1.165, 1.54) is 23.1 Å². The highest BCUT2D eigenvalue weighted by molar-refractivity contribution is 5.83. The summed E-state index contributed by atoms with van der Waals surface area (Å²) in [5.41, 5.74) is 3.98. The maximum atomic E-state index is 11.1. The third-order valence-corrected chi connectivity index (χ3v) is 3.79. The van der Waals surface area contributed by atoms with Crippen molar-refractivity contribution in [2.24, 2.45) is 10.9 Å². The number of rotatable bonds is 5. The van der Waals surface area contributed by atoms with Crippen LogP contribution in [0, 0.1) is 5.92 Å². The first-order valence-electron chi connectivity index (χ1n) is 7.99. The van der Waals surface area contributed by atoms with E-state index in [-0.39, 0.29) is 5.78 Å². The minimum Gasteiger partial charge on any atom is -0.300 e. The first-order chi connectivity index (χ1) is 10.5. The van der Waals surface area contributed by atoms with Gasteiger partial charge in [0.05, 0.1) is 0 Å². The summed E-state index contributed by atoms with van der Waals surface area (Å²) in [6.07, 6.45) is 13.9. The first-order valence-corrected chi connectivity index (χ1v) is 7.99. The first kappa shape index (κ1) is 20.3. The Morgan fingerprint density at radius 2 is 2.09 bits per heavy atom. The molecule has 122 valence electrons. The normalized spacial score (nSPS) is 19.3. The van der Waals surface area contributed by atoms with Gasteiger partial charge in [0.25, 0.3) is 0 Å². The van der Waals surface area contributed by atoms with Crippen LogP contribution in [-0.4, -0.2) is 19.0 Å². The van der Waals surface area contributed by atoms with E-state index in [4.69, 9.17) is 0 Å². The van der Waals surface area contributed by atoms with Gasteiger partial charge in [-0.1, -0.05) is 42.0 Å². The number of allylic oxidation sites excluding steroid dienone is 7. The number of nitrogens with zero attached hydrogens (tertiary/aromatic N) is 1. The Balaban J connectivity index is 0.000000472. The van der Waals surface area contributed by atoms with Crippen molar-refractivity contribution in [1.82, 2.24) is 0 Å². The molecule has 1 aliphatic rings. The Morgan fingerprint density at radius 1 is 1.41 bits per heavy atom. The summed E-state index contributed by atoms with van der Waals surface area (Å²) >= 11 is 0. The Kier molecular flexibility index (Phi) is 11.0. The fourth-order valence-corrected chi connectivity index (χ4v) is 2.49. The van der Waals surface area contributed by atoms with E-state index >= 15 is 0 Å². The second kappa shape index (κ2) is 11.9. The standard InChI is InChI=1S/C12H19NO.C8H12/c1-9-5-4-6-11(7-10(2)14)12(9)8-13-3;1-4-6-7-8(3)5-2/h8,11H,4-7H2,1-3H3;4-7H,1H2,2-3H3/b;7-6-,8-5-/t11-;/m1./s1. The molecule has 0 aliphatic heterocycles. The van der Waals surface area contributed by atoms with Crippen molar-refractivity contribution in [3.63, 3.8) is 0 Å². The van der Waals surface area contributed by atoms with Gasteiger partial charge in [0.2, 0.25) is 0 Å². The topological polar surface area (TPSA) is 29.4 Å². The smallest absolute Gasteiger partial charge is 0.130 e. The van der Waals surface area contributed by atoms with E-state index in [0.29, 0.717) is 12.3 Å². The van der Waals surface area contributed by atoms with E-state index in [9.17, 15) is 4.79 Å². The molecule has 2 nitrogen and oxygen atoms in total. The molecule has 0 radical (unpaired) electrons. The lowest BCUT2D eigenvalue weighted by Crippen LogP contribution is -2.15. The summed E-state index contributed by atoms with van der Waals surface area (Å²) in [7, 11) is 1.79. The lowest BCUT2D eigenvalue weighted by Gasteiger charge is -2.24. The van der Waals surface area contributed by atoms with Gasteiger partial charge in [-0.3, -0.25) is 4.99 Å². The Labute approximate surface area is 136 Å². The van der Waals surface area contributed by atoms with Gasteiger partial charge < -0.3 is 4.79 Å².